The first-order valence-corrected chi connectivity index (χ1v) is 13.5. The molecule has 1 saturated heterocycles. The monoisotopic (exact) mass is 542 g/mol. The average molecular weight is 543 g/mol. The molecule has 1 fully saturated rings. The summed E-state index contributed by atoms with van der Waals surface area (Å²) in [6.45, 7) is 4.92. The lowest BCUT2D eigenvalue weighted by molar-refractivity contribution is -0.146. The van der Waals surface area contributed by atoms with Gasteiger partial charge < -0.3 is 25.2 Å². The Labute approximate surface area is 233 Å². The van der Waals surface area contributed by atoms with Crippen LogP contribution in [0.4, 0.5) is 17.5 Å². The first-order chi connectivity index (χ1) is 19.3. The number of carbonyl (C=O) groups is 1. The third kappa shape index (κ3) is 6.56. The molecule has 1 aliphatic carbocycles. The van der Waals surface area contributed by atoms with Crippen LogP contribution in [-0.2, 0) is 16.0 Å². The highest BCUT2D eigenvalue weighted by molar-refractivity contribution is 5.74. The van der Waals surface area contributed by atoms with Gasteiger partial charge >= 0.3 is 5.97 Å². The number of ether oxygens (including phenoxy) is 1. The maximum absolute atomic E-state index is 11.6. The van der Waals surface area contributed by atoms with Gasteiger partial charge in [-0.25, -0.2) is 15.0 Å². The molecule has 3 N–H and O–H groups in total. The molecule has 0 amide bonds. The van der Waals surface area contributed by atoms with Crippen molar-refractivity contribution in [1.82, 2.24) is 19.9 Å². The minimum atomic E-state index is -0.876. The van der Waals surface area contributed by atoms with Gasteiger partial charge in [-0.15, -0.1) is 0 Å². The summed E-state index contributed by atoms with van der Waals surface area (Å²) in [7, 11) is 0. The van der Waals surface area contributed by atoms with E-state index in [1.54, 1.807) is 38.5 Å². The van der Waals surface area contributed by atoms with Gasteiger partial charge in [-0.3, -0.25) is 9.78 Å². The number of allylic oxidation sites excluding steroid dienone is 3. The first kappa shape index (κ1) is 27.1. The summed E-state index contributed by atoms with van der Waals surface area (Å²) in [4.78, 5) is 32.0. The zero-order valence-electron chi connectivity index (χ0n) is 22.7. The Hall–Kier alpha value is -4.47. The van der Waals surface area contributed by atoms with E-state index in [1.807, 2.05) is 36.4 Å². The topological polar surface area (TPSA) is 134 Å². The van der Waals surface area contributed by atoms with Crippen LogP contribution < -0.4 is 10.2 Å². The van der Waals surface area contributed by atoms with Gasteiger partial charge in [-0.2, -0.15) is 0 Å². The Kier molecular flexibility index (Phi) is 7.95. The summed E-state index contributed by atoms with van der Waals surface area (Å²) in [6, 6.07) is 9.40. The number of aliphatic carboxylic acids is 1. The highest BCUT2D eigenvalue weighted by Crippen LogP contribution is 2.27. The second kappa shape index (κ2) is 11.7. The lowest BCUT2D eigenvalue weighted by atomic mass is 9.85. The van der Waals surface area contributed by atoms with E-state index in [1.165, 1.54) is 0 Å². The molecule has 1 aromatic carbocycles. The number of aliphatic hydroxyl groups excluding tert-OH is 1. The summed E-state index contributed by atoms with van der Waals surface area (Å²) in [5.74, 6) is 2.42. The maximum atomic E-state index is 11.6. The van der Waals surface area contributed by atoms with Crippen molar-refractivity contribution in [3.63, 3.8) is 0 Å². The standard InChI is InChI=1S/C30H34N6O4/c1-30(2,29(38)39)16-20-7-5-8-21(15-20)28-32-13-12-25(35-28)33-26-17-31-18-27(34-26)36-14-6-9-22(19-36)40-24-11-4-3-10-23(24)37/h4-5,7-8,11-13,15,17-18,22,37H,3,6,9-10,14,16,19H2,1-2H3,(H,38,39)(H,32,33,34,35). The molecule has 10 nitrogen and oxygen atoms in total. The number of benzene rings is 1. The van der Waals surface area contributed by atoms with Crippen LogP contribution in [0.15, 0.2) is 72.6 Å². The van der Waals surface area contributed by atoms with Crippen LogP contribution in [-0.4, -0.2) is 55.3 Å². The Morgan fingerprint density at radius 2 is 2.08 bits per heavy atom. The second-order valence-corrected chi connectivity index (χ2v) is 10.8. The molecule has 2 aromatic heterocycles. The minimum Gasteiger partial charge on any atom is -0.508 e. The zero-order valence-corrected chi connectivity index (χ0v) is 22.7. The molecular formula is C30H34N6O4. The van der Waals surface area contributed by atoms with E-state index in [9.17, 15) is 15.0 Å². The van der Waals surface area contributed by atoms with Crippen molar-refractivity contribution in [1.29, 1.82) is 0 Å². The zero-order chi connectivity index (χ0) is 28.1. The molecule has 3 aromatic rings. The fourth-order valence-electron chi connectivity index (χ4n) is 4.83. The normalized spacial score (nSPS) is 17.6. The van der Waals surface area contributed by atoms with Crippen LogP contribution in [0.2, 0.25) is 0 Å². The lowest BCUT2D eigenvalue weighted by Gasteiger charge is -2.34. The lowest BCUT2D eigenvalue weighted by Crippen LogP contribution is -2.40. The molecule has 1 atom stereocenters. The van der Waals surface area contributed by atoms with E-state index < -0.39 is 11.4 Å². The predicted molar refractivity (Wildman–Crippen MR) is 152 cm³/mol. The number of nitrogens with zero attached hydrogens (tertiary/aromatic N) is 5. The second-order valence-electron chi connectivity index (χ2n) is 10.8. The number of rotatable bonds is 9. The molecule has 1 unspecified atom stereocenters. The fraction of sp³-hybridized carbons (Fsp3) is 0.367. The van der Waals surface area contributed by atoms with Gasteiger partial charge in [0.15, 0.2) is 17.4 Å². The predicted octanol–water partition coefficient (Wildman–Crippen LogP) is 5.44. The van der Waals surface area contributed by atoms with Gasteiger partial charge in [0.25, 0.3) is 0 Å². The smallest absolute Gasteiger partial charge is 0.309 e. The van der Waals surface area contributed by atoms with Gasteiger partial charge in [0.2, 0.25) is 0 Å². The molecular weight excluding hydrogens is 508 g/mol. The number of nitrogens with one attached hydrogen (secondary N) is 1. The SMILES string of the molecule is CC(C)(Cc1cccc(-c2nccc(Nc3cncc(N4CCCC(OC5=C(O)CCC=C5)C4)n3)n2)c1)C(=O)O. The Morgan fingerprint density at radius 3 is 2.90 bits per heavy atom. The maximum Gasteiger partial charge on any atom is 0.309 e. The van der Waals surface area contributed by atoms with Crippen LogP contribution >= 0.6 is 0 Å². The first-order valence-electron chi connectivity index (χ1n) is 13.5. The molecule has 1 aliphatic heterocycles. The summed E-state index contributed by atoms with van der Waals surface area (Å²) < 4.78 is 6.12. The van der Waals surface area contributed by atoms with E-state index in [0.29, 0.717) is 48.4 Å². The van der Waals surface area contributed by atoms with Crippen LogP contribution in [0.25, 0.3) is 11.4 Å². The van der Waals surface area contributed by atoms with Crippen LogP contribution in [0.3, 0.4) is 0 Å². The summed E-state index contributed by atoms with van der Waals surface area (Å²) in [5, 5.41) is 22.9. The number of aliphatic hydroxyl groups is 1. The van der Waals surface area contributed by atoms with Gasteiger partial charge in [-0.05, 0) is 63.3 Å². The fourth-order valence-corrected chi connectivity index (χ4v) is 4.83. The van der Waals surface area contributed by atoms with Gasteiger partial charge in [0, 0.05) is 24.7 Å². The van der Waals surface area contributed by atoms with Crippen LogP contribution in [0.5, 0.6) is 0 Å². The Morgan fingerprint density at radius 1 is 1.20 bits per heavy atom. The third-order valence-electron chi connectivity index (χ3n) is 7.04. The number of carboxylic acid groups (broad SMARTS) is 1. The van der Waals surface area contributed by atoms with Crippen LogP contribution in [0, 0.1) is 5.41 Å². The molecule has 208 valence electrons. The van der Waals surface area contributed by atoms with E-state index in [2.05, 4.69) is 25.2 Å². The average Bonchev–Trinajstić information content (AvgIpc) is 2.95. The largest absolute Gasteiger partial charge is 0.508 e. The summed E-state index contributed by atoms with van der Waals surface area (Å²) in [6.07, 6.45) is 12.6. The molecule has 10 heteroatoms. The molecule has 0 radical (unpaired) electrons. The third-order valence-corrected chi connectivity index (χ3v) is 7.04. The van der Waals surface area contributed by atoms with Crippen molar-refractivity contribution < 1.29 is 19.7 Å². The van der Waals surface area contributed by atoms with Crippen molar-refractivity contribution in [3.8, 4) is 11.4 Å². The van der Waals surface area contributed by atoms with Gasteiger partial charge in [0.1, 0.15) is 23.5 Å². The quantitative estimate of drug-likeness (QED) is 0.321. The number of hydrogen-bond donors (Lipinski definition) is 3. The number of piperidine rings is 1. The van der Waals surface area contributed by atoms with E-state index >= 15 is 0 Å². The molecule has 40 heavy (non-hydrogen) atoms. The molecule has 0 spiro atoms. The molecule has 2 aliphatic rings. The van der Waals surface area contributed by atoms with E-state index in [4.69, 9.17) is 9.72 Å². The Bertz CT molecular complexity index is 1440. The van der Waals surface area contributed by atoms with Gasteiger partial charge in [0.05, 0.1) is 24.4 Å². The van der Waals surface area contributed by atoms with E-state index in [-0.39, 0.29) is 6.10 Å². The highest BCUT2D eigenvalue weighted by atomic mass is 16.5. The summed E-state index contributed by atoms with van der Waals surface area (Å²) in [5.41, 5.74) is 0.828. The highest BCUT2D eigenvalue weighted by Gasteiger charge is 2.27. The molecule has 0 saturated carbocycles. The van der Waals surface area contributed by atoms with Crippen molar-refractivity contribution in [3.05, 3.63) is 78.2 Å². The molecule has 5 rings (SSSR count). The van der Waals surface area contributed by atoms with Crippen LogP contribution in [0.1, 0.15) is 45.1 Å². The van der Waals surface area contributed by atoms with Crippen molar-refractivity contribution in [2.24, 2.45) is 5.41 Å². The summed E-state index contributed by atoms with van der Waals surface area (Å²) >= 11 is 0. The number of hydrogen-bond acceptors (Lipinski definition) is 9. The molecule has 0 bridgehead atoms. The number of carboxylic acids is 1. The number of aromatic nitrogens is 4. The number of anilines is 3. The van der Waals surface area contributed by atoms with Crippen molar-refractivity contribution in [2.45, 2.75) is 52.1 Å². The Balaban J connectivity index is 1.27. The van der Waals surface area contributed by atoms with E-state index in [0.717, 1.165) is 42.8 Å². The molecule has 3 heterocycles. The minimum absolute atomic E-state index is 0.0478. The van der Waals surface area contributed by atoms with Gasteiger partial charge in [-0.1, -0.05) is 24.3 Å². The van der Waals surface area contributed by atoms with Crippen molar-refractivity contribution in [2.75, 3.05) is 23.3 Å². The van der Waals surface area contributed by atoms with Crippen molar-refractivity contribution >= 4 is 23.4 Å².